The van der Waals surface area contributed by atoms with Gasteiger partial charge in [0.05, 0.1) is 14.2 Å². The van der Waals surface area contributed by atoms with Crippen molar-refractivity contribution >= 4 is 5.91 Å². The van der Waals surface area contributed by atoms with E-state index in [4.69, 9.17) is 14.0 Å². The number of aryl methyl sites for hydroxylation is 1. The van der Waals surface area contributed by atoms with Crippen molar-refractivity contribution in [3.05, 3.63) is 45.9 Å². The highest BCUT2D eigenvalue weighted by molar-refractivity contribution is 5.76. The lowest BCUT2D eigenvalue weighted by molar-refractivity contribution is -0.121. The van der Waals surface area contributed by atoms with Gasteiger partial charge in [-0.3, -0.25) is 9.59 Å². The largest absolute Gasteiger partial charge is 0.493 e. The second kappa shape index (κ2) is 8.07. The molecule has 1 heterocycles. The highest BCUT2D eigenvalue weighted by Crippen LogP contribution is 2.30. The Morgan fingerprint density at radius 2 is 2.09 bits per heavy atom. The summed E-state index contributed by atoms with van der Waals surface area (Å²) < 4.78 is 15.5. The van der Waals surface area contributed by atoms with Crippen LogP contribution in [0.1, 0.15) is 17.7 Å². The third kappa shape index (κ3) is 4.64. The van der Waals surface area contributed by atoms with E-state index in [1.165, 1.54) is 6.07 Å². The second-order valence-electron chi connectivity index (χ2n) is 4.93. The molecule has 0 atom stereocenters. The molecule has 0 radical (unpaired) electrons. The zero-order valence-electron chi connectivity index (χ0n) is 13.2. The van der Waals surface area contributed by atoms with E-state index in [-0.39, 0.29) is 17.9 Å². The number of para-hydroxylation sites is 1. The van der Waals surface area contributed by atoms with Crippen LogP contribution >= 0.6 is 0 Å². The summed E-state index contributed by atoms with van der Waals surface area (Å²) in [5, 5.41) is 5.02. The summed E-state index contributed by atoms with van der Waals surface area (Å²) in [5.41, 5.74) is 0.661. The second-order valence-corrected chi connectivity index (χ2v) is 4.93. The number of carbonyl (C=O) groups is 1. The monoisotopic (exact) mass is 320 g/mol. The molecule has 0 saturated heterocycles. The molecule has 0 saturated carbocycles. The highest BCUT2D eigenvalue weighted by Gasteiger charge is 2.10. The normalized spacial score (nSPS) is 10.3. The lowest BCUT2D eigenvalue weighted by Crippen LogP contribution is -2.26. The summed E-state index contributed by atoms with van der Waals surface area (Å²) in [5.74, 6) is 1.72. The molecule has 124 valence electrons. The van der Waals surface area contributed by atoms with Crippen molar-refractivity contribution in [3.63, 3.8) is 0 Å². The van der Waals surface area contributed by atoms with Crippen LogP contribution in [0.15, 0.2) is 33.6 Å². The average Bonchev–Trinajstić information content (AvgIpc) is 2.98. The molecule has 0 bridgehead atoms. The Labute approximate surface area is 133 Å². The molecular weight excluding hydrogens is 300 g/mol. The third-order valence-corrected chi connectivity index (χ3v) is 3.37. The van der Waals surface area contributed by atoms with E-state index in [0.717, 1.165) is 5.56 Å². The number of hydrogen-bond donors (Lipinski definition) is 2. The van der Waals surface area contributed by atoms with Gasteiger partial charge in [0, 0.05) is 25.5 Å². The van der Waals surface area contributed by atoms with Crippen LogP contribution in [0.2, 0.25) is 0 Å². The van der Waals surface area contributed by atoms with Gasteiger partial charge < -0.3 is 19.3 Å². The summed E-state index contributed by atoms with van der Waals surface area (Å²) in [4.78, 5) is 22.7. The van der Waals surface area contributed by atoms with E-state index in [2.05, 4.69) is 10.5 Å². The topological polar surface area (TPSA) is 93.6 Å². The van der Waals surface area contributed by atoms with E-state index in [9.17, 15) is 9.59 Å². The summed E-state index contributed by atoms with van der Waals surface area (Å²) in [6.45, 7) is 0.486. The van der Waals surface area contributed by atoms with Crippen LogP contribution in [0, 0.1) is 0 Å². The first-order valence-electron chi connectivity index (χ1n) is 7.28. The third-order valence-electron chi connectivity index (χ3n) is 3.37. The minimum atomic E-state index is -0.300. The van der Waals surface area contributed by atoms with Gasteiger partial charge in [-0.1, -0.05) is 12.1 Å². The van der Waals surface area contributed by atoms with E-state index in [1.807, 2.05) is 18.2 Å². The van der Waals surface area contributed by atoms with Gasteiger partial charge in [-0.05, 0) is 18.1 Å². The Bertz CT molecular complexity index is 704. The SMILES string of the molecule is COc1cccc(CCNC(=O)CCc2cc(=O)[nH]o2)c1OC. The molecule has 0 fully saturated rings. The number of aromatic amines is 1. The van der Waals surface area contributed by atoms with Crippen molar-refractivity contribution in [1.82, 2.24) is 10.5 Å². The molecule has 1 aromatic carbocycles. The number of benzene rings is 1. The fourth-order valence-corrected chi connectivity index (χ4v) is 2.26. The molecule has 2 rings (SSSR count). The van der Waals surface area contributed by atoms with E-state index >= 15 is 0 Å². The predicted molar refractivity (Wildman–Crippen MR) is 83.9 cm³/mol. The number of amides is 1. The maximum atomic E-state index is 11.8. The lowest BCUT2D eigenvalue weighted by atomic mass is 10.1. The Morgan fingerprint density at radius 3 is 2.74 bits per heavy atom. The van der Waals surface area contributed by atoms with Crippen molar-refractivity contribution < 1.29 is 18.8 Å². The Kier molecular flexibility index (Phi) is 5.85. The standard InChI is InChI=1S/C16H20N2O5/c1-21-13-5-3-4-11(16(13)22-2)8-9-17-14(19)7-6-12-10-15(20)18-23-12/h3-5,10H,6-9H2,1-2H3,(H,17,19)(H,18,20). The molecule has 0 unspecified atom stereocenters. The molecule has 1 aromatic heterocycles. The van der Waals surface area contributed by atoms with Crippen LogP contribution in [0.25, 0.3) is 0 Å². The van der Waals surface area contributed by atoms with Crippen molar-refractivity contribution in [2.24, 2.45) is 0 Å². The molecule has 2 aromatic rings. The summed E-state index contributed by atoms with van der Waals surface area (Å²) in [6.07, 6.45) is 1.27. The van der Waals surface area contributed by atoms with Crippen molar-refractivity contribution in [1.29, 1.82) is 0 Å². The van der Waals surface area contributed by atoms with Gasteiger partial charge in [0.1, 0.15) is 5.76 Å². The molecule has 0 spiro atoms. The number of nitrogens with one attached hydrogen (secondary N) is 2. The molecule has 23 heavy (non-hydrogen) atoms. The van der Waals surface area contributed by atoms with Gasteiger partial charge in [0.25, 0.3) is 5.56 Å². The number of rotatable bonds is 8. The molecule has 0 aliphatic rings. The van der Waals surface area contributed by atoms with Gasteiger partial charge in [-0.2, -0.15) is 5.16 Å². The lowest BCUT2D eigenvalue weighted by Gasteiger charge is -2.12. The van der Waals surface area contributed by atoms with Crippen LogP contribution in [0.4, 0.5) is 0 Å². The zero-order chi connectivity index (χ0) is 16.7. The molecule has 2 N–H and O–H groups in total. The molecule has 7 heteroatoms. The first kappa shape index (κ1) is 16.7. The first-order valence-corrected chi connectivity index (χ1v) is 7.28. The maximum Gasteiger partial charge on any atom is 0.280 e. The van der Waals surface area contributed by atoms with E-state index in [0.29, 0.717) is 36.6 Å². The molecular formula is C16H20N2O5. The minimum Gasteiger partial charge on any atom is -0.493 e. The number of carbonyl (C=O) groups excluding carboxylic acids is 1. The summed E-state index contributed by atoms with van der Waals surface area (Å²) in [7, 11) is 3.17. The number of aromatic nitrogens is 1. The van der Waals surface area contributed by atoms with Crippen LogP contribution in [0.3, 0.4) is 0 Å². The number of ether oxygens (including phenoxy) is 2. The van der Waals surface area contributed by atoms with Crippen LogP contribution in [0.5, 0.6) is 11.5 Å². The Balaban J connectivity index is 1.80. The van der Waals surface area contributed by atoms with E-state index in [1.54, 1.807) is 14.2 Å². The zero-order valence-corrected chi connectivity index (χ0v) is 13.2. The number of methoxy groups -OCH3 is 2. The van der Waals surface area contributed by atoms with Crippen LogP contribution in [-0.4, -0.2) is 31.8 Å². The molecule has 1 amide bonds. The minimum absolute atomic E-state index is 0.101. The van der Waals surface area contributed by atoms with Gasteiger partial charge in [0.15, 0.2) is 11.5 Å². The molecule has 7 nitrogen and oxygen atoms in total. The summed E-state index contributed by atoms with van der Waals surface area (Å²) in [6, 6.07) is 6.98. The molecule has 0 aliphatic heterocycles. The number of H-pyrrole nitrogens is 1. The fourth-order valence-electron chi connectivity index (χ4n) is 2.26. The van der Waals surface area contributed by atoms with Gasteiger partial charge in [-0.15, -0.1) is 0 Å². The van der Waals surface area contributed by atoms with Gasteiger partial charge >= 0.3 is 0 Å². The fraction of sp³-hybridized carbons (Fsp3) is 0.375. The van der Waals surface area contributed by atoms with Crippen LogP contribution in [-0.2, 0) is 17.6 Å². The molecule has 0 aliphatic carbocycles. The van der Waals surface area contributed by atoms with E-state index < -0.39 is 0 Å². The van der Waals surface area contributed by atoms with Crippen molar-refractivity contribution in [2.75, 3.05) is 20.8 Å². The van der Waals surface area contributed by atoms with Crippen molar-refractivity contribution in [3.8, 4) is 11.5 Å². The average molecular weight is 320 g/mol. The maximum absolute atomic E-state index is 11.8. The quantitative estimate of drug-likeness (QED) is 0.764. The Morgan fingerprint density at radius 1 is 1.26 bits per heavy atom. The summed E-state index contributed by atoms with van der Waals surface area (Å²) >= 11 is 0. The number of hydrogen-bond acceptors (Lipinski definition) is 5. The highest BCUT2D eigenvalue weighted by atomic mass is 16.5. The van der Waals surface area contributed by atoms with Crippen molar-refractivity contribution in [2.45, 2.75) is 19.3 Å². The van der Waals surface area contributed by atoms with Crippen LogP contribution < -0.4 is 20.3 Å². The first-order chi connectivity index (χ1) is 11.1. The Hall–Kier alpha value is -2.70. The smallest absolute Gasteiger partial charge is 0.280 e. The predicted octanol–water partition coefficient (Wildman–Crippen LogP) is 1.28. The van der Waals surface area contributed by atoms with Gasteiger partial charge in [-0.25, -0.2) is 0 Å². The van der Waals surface area contributed by atoms with Gasteiger partial charge in [0.2, 0.25) is 5.91 Å².